The zero-order valence-electron chi connectivity index (χ0n) is 11.8. The maximum atomic E-state index is 11.2. The molecule has 0 aliphatic carbocycles. The van der Waals surface area contributed by atoms with Crippen LogP contribution in [0, 0.1) is 10.1 Å². The number of nitrogens with one attached hydrogen (secondary N) is 1. The maximum Gasteiger partial charge on any atom is 0.408 e. The molecule has 0 heterocycles. The van der Waals surface area contributed by atoms with Gasteiger partial charge in [-0.1, -0.05) is 0 Å². The first-order valence-corrected chi connectivity index (χ1v) is 6.10. The lowest BCUT2D eigenvalue weighted by atomic mass is 10.2. The van der Waals surface area contributed by atoms with Crippen LogP contribution in [0.25, 0.3) is 0 Å². The van der Waals surface area contributed by atoms with Crippen molar-refractivity contribution in [1.29, 1.82) is 0 Å². The molecule has 0 aromatic heterocycles. The van der Waals surface area contributed by atoms with Gasteiger partial charge in [0.25, 0.3) is 5.09 Å². The highest BCUT2D eigenvalue weighted by molar-refractivity contribution is 5.77. The SMILES string of the molecule is CC(C)(C)OC(=O)NCC(=O)OCCCCO[N+](=O)[O-]. The minimum atomic E-state index is -0.878. The molecule has 0 atom stereocenters. The third kappa shape index (κ3) is 12.4. The van der Waals surface area contributed by atoms with Crippen molar-refractivity contribution < 1.29 is 29.0 Å². The Morgan fingerprint density at radius 3 is 2.35 bits per heavy atom. The van der Waals surface area contributed by atoms with E-state index < -0.39 is 22.8 Å². The van der Waals surface area contributed by atoms with Crippen molar-refractivity contribution in [3.63, 3.8) is 0 Å². The van der Waals surface area contributed by atoms with Crippen LogP contribution in [0.2, 0.25) is 0 Å². The van der Waals surface area contributed by atoms with Crippen LogP contribution in [0.5, 0.6) is 0 Å². The third-order valence-electron chi connectivity index (χ3n) is 1.77. The van der Waals surface area contributed by atoms with Crippen molar-refractivity contribution in [2.75, 3.05) is 19.8 Å². The third-order valence-corrected chi connectivity index (χ3v) is 1.77. The number of nitrogens with zero attached hydrogens (tertiary/aromatic N) is 1. The van der Waals surface area contributed by atoms with Gasteiger partial charge in [-0.15, -0.1) is 10.1 Å². The Labute approximate surface area is 116 Å². The standard InChI is InChI=1S/C11H20N2O7/c1-11(2,3)20-10(15)12-8-9(14)18-6-4-5-7-19-13(16)17/h4-8H2,1-3H3,(H,12,15). The molecular formula is C11H20N2O7. The molecule has 0 saturated heterocycles. The lowest BCUT2D eigenvalue weighted by Gasteiger charge is -2.19. The fourth-order valence-corrected chi connectivity index (χ4v) is 1.04. The van der Waals surface area contributed by atoms with E-state index in [2.05, 4.69) is 10.2 Å². The number of carbonyl (C=O) groups excluding carboxylic acids is 2. The highest BCUT2D eigenvalue weighted by Gasteiger charge is 2.16. The van der Waals surface area contributed by atoms with Crippen LogP contribution >= 0.6 is 0 Å². The van der Waals surface area contributed by atoms with E-state index in [4.69, 9.17) is 9.47 Å². The Morgan fingerprint density at radius 1 is 1.20 bits per heavy atom. The molecule has 0 saturated carbocycles. The van der Waals surface area contributed by atoms with Gasteiger partial charge in [0.05, 0.1) is 13.2 Å². The summed E-state index contributed by atoms with van der Waals surface area (Å²) in [5, 5.41) is 11.2. The molecule has 0 aromatic carbocycles. The van der Waals surface area contributed by atoms with Crippen molar-refractivity contribution >= 4 is 12.1 Å². The van der Waals surface area contributed by atoms with Gasteiger partial charge in [0.2, 0.25) is 0 Å². The Bertz CT molecular complexity index is 338. The molecule has 1 N–H and O–H groups in total. The monoisotopic (exact) mass is 292 g/mol. The average Bonchev–Trinajstić information content (AvgIpc) is 2.28. The molecule has 116 valence electrons. The Kier molecular flexibility index (Phi) is 8.02. The van der Waals surface area contributed by atoms with Crippen LogP contribution in [0.1, 0.15) is 33.6 Å². The summed E-state index contributed by atoms with van der Waals surface area (Å²) >= 11 is 0. The van der Waals surface area contributed by atoms with Crippen molar-refractivity contribution in [3.05, 3.63) is 10.1 Å². The normalized spacial score (nSPS) is 10.6. The second-order valence-electron chi connectivity index (χ2n) is 4.84. The van der Waals surface area contributed by atoms with Gasteiger partial charge in [0, 0.05) is 0 Å². The number of carbonyl (C=O) groups is 2. The summed E-state index contributed by atoms with van der Waals surface area (Å²) < 4.78 is 9.72. The molecule has 0 bridgehead atoms. The van der Waals surface area contributed by atoms with Gasteiger partial charge >= 0.3 is 12.1 Å². The zero-order valence-corrected chi connectivity index (χ0v) is 11.8. The van der Waals surface area contributed by atoms with E-state index in [0.29, 0.717) is 12.8 Å². The molecule has 9 nitrogen and oxygen atoms in total. The summed E-state index contributed by atoms with van der Waals surface area (Å²) in [4.78, 5) is 36.4. The number of hydrogen-bond donors (Lipinski definition) is 1. The van der Waals surface area contributed by atoms with Crippen LogP contribution in [0.15, 0.2) is 0 Å². The van der Waals surface area contributed by atoms with Gasteiger partial charge in [-0.25, -0.2) is 4.79 Å². The van der Waals surface area contributed by atoms with Crippen molar-refractivity contribution in [3.8, 4) is 0 Å². The predicted molar refractivity (Wildman–Crippen MR) is 67.4 cm³/mol. The van der Waals surface area contributed by atoms with E-state index in [1.54, 1.807) is 20.8 Å². The van der Waals surface area contributed by atoms with Crippen molar-refractivity contribution in [1.82, 2.24) is 5.32 Å². The van der Waals surface area contributed by atoms with E-state index >= 15 is 0 Å². The number of amides is 1. The lowest BCUT2D eigenvalue weighted by molar-refractivity contribution is -0.757. The maximum absolute atomic E-state index is 11.2. The van der Waals surface area contributed by atoms with Gasteiger partial charge in [-0.3, -0.25) is 4.79 Å². The topological polar surface area (TPSA) is 117 Å². The Hall–Kier alpha value is -2.06. The van der Waals surface area contributed by atoms with Gasteiger partial charge in [0.1, 0.15) is 12.1 Å². The van der Waals surface area contributed by atoms with Gasteiger partial charge in [0.15, 0.2) is 0 Å². The van der Waals surface area contributed by atoms with E-state index in [0.717, 1.165) is 0 Å². The molecule has 0 rings (SSSR count). The summed E-state index contributed by atoms with van der Waals surface area (Å²) in [6, 6.07) is 0. The van der Waals surface area contributed by atoms with Gasteiger partial charge in [-0.05, 0) is 33.6 Å². The average molecular weight is 292 g/mol. The number of hydrogen-bond acceptors (Lipinski definition) is 7. The second-order valence-corrected chi connectivity index (χ2v) is 4.84. The molecule has 9 heteroatoms. The quantitative estimate of drug-likeness (QED) is 0.307. The minimum absolute atomic E-state index is 0.0410. The van der Waals surface area contributed by atoms with Gasteiger partial charge < -0.3 is 19.6 Å². The molecule has 20 heavy (non-hydrogen) atoms. The molecule has 0 spiro atoms. The van der Waals surface area contributed by atoms with Crippen LogP contribution in [-0.4, -0.2) is 42.5 Å². The summed E-state index contributed by atoms with van der Waals surface area (Å²) in [6.45, 7) is 4.89. The number of esters is 1. The minimum Gasteiger partial charge on any atom is -0.464 e. The molecule has 1 amide bonds. The molecular weight excluding hydrogens is 272 g/mol. The summed E-state index contributed by atoms with van der Waals surface area (Å²) in [5.41, 5.74) is -0.634. The molecule has 0 radical (unpaired) electrons. The largest absolute Gasteiger partial charge is 0.464 e. The number of unbranched alkanes of at least 4 members (excludes halogenated alkanes) is 1. The Balaban J connectivity index is 3.55. The zero-order chi connectivity index (χ0) is 15.6. The fourth-order valence-electron chi connectivity index (χ4n) is 1.04. The Morgan fingerprint density at radius 2 is 1.80 bits per heavy atom. The highest BCUT2D eigenvalue weighted by Crippen LogP contribution is 2.06. The van der Waals surface area contributed by atoms with Crippen LogP contribution in [0.3, 0.4) is 0 Å². The van der Waals surface area contributed by atoms with Crippen LogP contribution in [-0.2, 0) is 19.1 Å². The molecule has 0 aromatic rings. The molecule has 0 unspecified atom stereocenters. The van der Waals surface area contributed by atoms with Crippen molar-refractivity contribution in [2.24, 2.45) is 0 Å². The number of rotatable bonds is 8. The van der Waals surface area contributed by atoms with E-state index in [1.807, 2.05) is 0 Å². The predicted octanol–water partition coefficient (Wildman–Crippen LogP) is 1.04. The summed E-state index contributed by atoms with van der Waals surface area (Å²) in [5.74, 6) is -0.606. The summed E-state index contributed by atoms with van der Waals surface area (Å²) in [7, 11) is 0. The second kappa shape index (κ2) is 8.94. The highest BCUT2D eigenvalue weighted by atomic mass is 16.9. The lowest BCUT2D eigenvalue weighted by Crippen LogP contribution is -2.36. The molecule has 0 fully saturated rings. The first-order chi connectivity index (χ1) is 9.20. The fraction of sp³-hybridized carbons (Fsp3) is 0.818. The summed E-state index contributed by atoms with van der Waals surface area (Å²) in [6.07, 6.45) is 0.133. The first kappa shape index (κ1) is 17.9. The first-order valence-electron chi connectivity index (χ1n) is 6.10. The molecule has 0 aliphatic heterocycles. The van der Waals surface area contributed by atoms with Crippen LogP contribution in [0.4, 0.5) is 4.79 Å². The van der Waals surface area contributed by atoms with E-state index in [9.17, 15) is 19.7 Å². The number of alkyl carbamates (subject to hydrolysis) is 1. The van der Waals surface area contributed by atoms with E-state index in [1.165, 1.54) is 0 Å². The van der Waals surface area contributed by atoms with Crippen LogP contribution < -0.4 is 5.32 Å². The van der Waals surface area contributed by atoms with Crippen molar-refractivity contribution in [2.45, 2.75) is 39.2 Å². The molecule has 0 aliphatic rings. The smallest absolute Gasteiger partial charge is 0.408 e. The van der Waals surface area contributed by atoms with Gasteiger partial charge in [-0.2, -0.15) is 0 Å². The van der Waals surface area contributed by atoms with E-state index in [-0.39, 0.29) is 19.8 Å². The number of ether oxygens (including phenoxy) is 2.